The van der Waals surface area contributed by atoms with Crippen LogP contribution < -0.4 is 16.4 Å². The SMILES string of the molecule is CCc1cccc(-c2cnc(C(=O)N3CCN(CC4CCN(CC(=O)N5CCN(C=O)CC5)CC4)CC3)c(NC(=O)CNCc3ncc(C)o3)c2)c1.Cc1cc(CC(=N)c2ccccc2C(N)=O)ccc1F. The number of nitrogens with two attached hydrogens (primary N) is 1. The maximum Gasteiger partial charge on any atom is 0.274 e. The van der Waals surface area contributed by atoms with Crippen LogP contribution in [0.4, 0.5) is 10.1 Å². The van der Waals surface area contributed by atoms with E-state index in [1.807, 2.05) is 34.9 Å². The van der Waals surface area contributed by atoms with Gasteiger partial charge in [-0.1, -0.05) is 61.5 Å². The van der Waals surface area contributed by atoms with Crippen molar-refractivity contribution in [3.8, 4) is 11.1 Å². The van der Waals surface area contributed by atoms with Gasteiger partial charge in [0.1, 0.15) is 11.6 Å². The highest BCUT2D eigenvalue weighted by Crippen LogP contribution is 2.27. The van der Waals surface area contributed by atoms with Crippen molar-refractivity contribution in [3.63, 3.8) is 0 Å². The number of carbonyl (C=O) groups excluding carboxylic acids is 5. The minimum absolute atomic E-state index is 0.0122. The smallest absolute Gasteiger partial charge is 0.274 e. The van der Waals surface area contributed by atoms with E-state index in [4.69, 9.17) is 15.6 Å². The molecule has 5 N–H and O–H groups in total. The Morgan fingerprint density at radius 1 is 0.806 bits per heavy atom. The number of hydrogen-bond donors (Lipinski definition) is 4. The number of rotatable bonds is 17. The van der Waals surface area contributed by atoms with Crippen LogP contribution in [0.2, 0.25) is 0 Å². The van der Waals surface area contributed by atoms with Gasteiger partial charge in [0.05, 0.1) is 31.5 Å². The van der Waals surface area contributed by atoms with Crippen molar-refractivity contribution in [3.05, 3.63) is 136 Å². The number of halogens is 1. The monoisotopic (exact) mass is 984 g/mol. The molecular formula is C54H66FN11O6. The van der Waals surface area contributed by atoms with Gasteiger partial charge in [-0.05, 0) is 92.6 Å². The van der Waals surface area contributed by atoms with E-state index >= 15 is 0 Å². The fourth-order valence-corrected chi connectivity index (χ4v) is 9.24. The van der Waals surface area contributed by atoms with Gasteiger partial charge in [-0.15, -0.1) is 0 Å². The number of likely N-dealkylation sites (tertiary alicyclic amines) is 1. The van der Waals surface area contributed by atoms with Crippen molar-refractivity contribution < 1.29 is 32.8 Å². The van der Waals surface area contributed by atoms with Crippen LogP contribution in [0.15, 0.2) is 89.6 Å². The minimum Gasteiger partial charge on any atom is -0.445 e. The van der Waals surface area contributed by atoms with Crippen LogP contribution in [-0.4, -0.2) is 155 Å². The van der Waals surface area contributed by atoms with Crippen LogP contribution in [-0.2, 0) is 33.8 Å². The zero-order valence-electron chi connectivity index (χ0n) is 41.5. The third kappa shape index (κ3) is 14.5. The van der Waals surface area contributed by atoms with Gasteiger partial charge in [-0.25, -0.2) is 14.4 Å². The van der Waals surface area contributed by atoms with Crippen molar-refractivity contribution in [2.24, 2.45) is 11.7 Å². The highest BCUT2D eigenvalue weighted by atomic mass is 19.1. The lowest BCUT2D eigenvalue weighted by Crippen LogP contribution is -2.52. The number of aryl methyl sites for hydroxylation is 3. The summed E-state index contributed by atoms with van der Waals surface area (Å²) in [5.41, 5.74) is 11.4. The largest absolute Gasteiger partial charge is 0.445 e. The number of pyridine rings is 1. The highest BCUT2D eigenvalue weighted by Gasteiger charge is 2.30. The van der Waals surface area contributed by atoms with Crippen LogP contribution in [0, 0.1) is 31.0 Å². The van der Waals surface area contributed by atoms with Crippen molar-refractivity contribution >= 4 is 41.4 Å². The van der Waals surface area contributed by atoms with E-state index in [0.717, 1.165) is 75.1 Å². The molecule has 0 saturated carbocycles. The standard InChI is InChI=1S/C38H51N9O5.C16H15FN2O/c1-3-29-5-4-6-31(19-29)32-20-33(42-34(49)23-39-24-35-40-21-28(2)52-35)37(41-22-32)38(51)47-17-11-44(12-18-47)25-30-7-9-43(10-8-30)26-36(50)46-15-13-45(27-48)14-16-46;1-10-8-11(6-7-14(10)17)9-15(18)12-4-2-3-5-13(12)16(19)20/h4-6,19-22,27,30,39H,3,7-18,23-26H2,1-2H3,(H,42,49);2-8,18H,9H2,1H3,(H2,19,20). The molecule has 0 atom stereocenters. The predicted octanol–water partition coefficient (Wildman–Crippen LogP) is 4.95. The number of oxazole rings is 1. The van der Waals surface area contributed by atoms with E-state index in [-0.39, 0.29) is 41.5 Å². The van der Waals surface area contributed by atoms with Crippen LogP contribution in [0.1, 0.15) is 74.5 Å². The molecule has 18 heteroatoms. The minimum atomic E-state index is -0.555. The lowest BCUT2D eigenvalue weighted by Gasteiger charge is -2.39. The summed E-state index contributed by atoms with van der Waals surface area (Å²) in [6, 6.07) is 21.5. The molecule has 72 heavy (non-hydrogen) atoms. The second kappa shape index (κ2) is 25.3. The molecule has 0 radical (unpaired) electrons. The van der Waals surface area contributed by atoms with Crippen molar-refractivity contribution in [2.45, 2.75) is 53.0 Å². The molecule has 380 valence electrons. The van der Waals surface area contributed by atoms with Crippen LogP contribution in [0.25, 0.3) is 11.1 Å². The number of amides is 5. The number of piperidine rings is 1. The number of anilines is 1. The molecule has 8 rings (SSSR count). The summed E-state index contributed by atoms with van der Waals surface area (Å²) in [6.45, 7) is 14.3. The van der Waals surface area contributed by atoms with Gasteiger partial charge in [-0.3, -0.25) is 39.1 Å². The first-order valence-corrected chi connectivity index (χ1v) is 24.7. The molecule has 5 heterocycles. The topological polar surface area (TPSA) is 214 Å². The normalized spacial score (nSPS) is 15.6. The molecule has 3 saturated heterocycles. The molecule has 0 bridgehead atoms. The summed E-state index contributed by atoms with van der Waals surface area (Å²) >= 11 is 0. The Bertz CT molecular complexity index is 2700. The van der Waals surface area contributed by atoms with Gasteiger partial charge in [0.25, 0.3) is 5.91 Å². The number of primary amides is 1. The molecular weight excluding hydrogens is 918 g/mol. The molecule has 17 nitrogen and oxygen atoms in total. The van der Waals surface area contributed by atoms with Crippen molar-refractivity contribution in [2.75, 3.05) is 90.4 Å². The molecule has 2 aromatic heterocycles. The van der Waals surface area contributed by atoms with Crippen LogP contribution >= 0.6 is 0 Å². The van der Waals surface area contributed by atoms with Crippen molar-refractivity contribution in [1.29, 1.82) is 5.41 Å². The quantitative estimate of drug-likeness (QED) is 0.0723. The summed E-state index contributed by atoms with van der Waals surface area (Å²) in [5, 5.41) is 14.1. The van der Waals surface area contributed by atoms with E-state index in [2.05, 4.69) is 49.5 Å². The number of hydrogen-bond acceptors (Lipinski definition) is 12. The van der Waals surface area contributed by atoms with E-state index in [1.54, 1.807) is 60.6 Å². The van der Waals surface area contributed by atoms with E-state index < -0.39 is 5.91 Å². The van der Waals surface area contributed by atoms with Gasteiger partial charge >= 0.3 is 0 Å². The number of benzene rings is 3. The van der Waals surface area contributed by atoms with Gasteiger partial charge in [0.2, 0.25) is 30.0 Å². The Labute approximate surface area is 420 Å². The number of aromatic nitrogens is 2. The summed E-state index contributed by atoms with van der Waals surface area (Å²) in [6.07, 6.45) is 7.51. The van der Waals surface area contributed by atoms with E-state index in [1.165, 1.54) is 11.6 Å². The van der Waals surface area contributed by atoms with Gasteiger partial charge < -0.3 is 35.6 Å². The Kier molecular flexibility index (Phi) is 18.5. The average Bonchev–Trinajstić information content (AvgIpc) is 3.82. The first kappa shape index (κ1) is 52.7. The zero-order valence-corrected chi connectivity index (χ0v) is 41.5. The maximum atomic E-state index is 13.9. The third-order valence-corrected chi connectivity index (χ3v) is 13.4. The van der Waals surface area contributed by atoms with E-state index in [9.17, 15) is 28.4 Å². The lowest BCUT2D eigenvalue weighted by atomic mass is 9.96. The molecule has 3 aromatic carbocycles. The molecule has 3 aliphatic heterocycles. The third-order valence-electron chi connectivity index (χ3n) is 13.4. The lowest BCUT2D eigenvalue weighted by molar-refractivity contribution is -0.136. The first-order valence-electron chi connectivity index (χ1n) is 24.7. The Balaban J connectivity index is 0.000000317. The second-order valence-electron chi connectivity index (χ2n) is 18.7. The summed E-state index contributed by atoms with van der Waals surface area (Å²) in [5.74, 6) is 0.589. The van der Waals surface area contributed by atoms with E-state index in [0.29, 0.717) is 98.7 Å². The summed E-state index contributed by atoms with van der Waals surface area (Å²) in [7, 11) is 0. The number of carbonyl (C=O) groups is 5. The molecule has 0 spiro atoms. The molecule has 5 aromatic rings. The van der Waals surface area contributed by atoms with Crippen LogP contribution in [0.3, 0.4) is 0 Å². The number of nitrogens with one attached hydrogen (secondary N) is 3. The fraction of sp³-hybridized carbons (Fsp3) is 0.407. The number of piperazine rings is 2. The van der Waals surface area contributed by atoms with Gasteiger partial charge in [0, 0.05) is 93.9 Å². The Morgan fingerprint density at radius 3 is 2.19 bits per heavy atom. The Hall–Kier alpha value is -7.15. The maximum absolute atomic E-state index is 13.9. The highest BCUT2D eigenvalue weighted by molar-refractivity contribution is 6.09. The molecule has 0 unspecified atom stereocenters. The number of nitrogens with zero attached hydrogens (tertiary/aromatic N) is 7. The predicted molar refractivity (Wildman–Crippen MR) is 273 cm³/mol. The van der Waals surface area contributed by atoms with Crippen LogP contribution in [0.5, 0.6) is 0 Å². The fourth-order valence-electron chi connectivity index (χ4n) is 9.24. The average molecular weight is 984 g/mol. The zero-order chi connectivity index (χ0) is 51.1. The van der Waals surface area contributed by atoms with Gasteiger partial charge in [0.15, 0.2) is 5.69 Å². The molecule has 3 aliphatic rings. The molecule has 0 aliphatic carbocycles. The Morgan fingerprint density at radius 2 is 1.53 bits per heavy atom. The molecule has 3 fully saturated rings. The molecule has 5 amide bonds. The van der Waals surface area contributed by atoms with Gasteiger partial charge in [-0.2, -0.15) is 0 Å². The summed E-state index contributed by atoms with van der Waals surface area (Å²) < 4.78 is 18.7. The first-order chi connectivity index (χ1) is 34.8. The second-order valence-corrected chi connectivity index (χ2v) is 18.7. The van der Waals surface area contributed by atoms with Crippen molar-refractivity contribution in [1.82, 2.24) is 39.8 Å². The summed E-state index contributed by atoms with van der Waals surface area (Å²) in [4.78, 5) is 81.1.